The van der Waals surface area contributed by atoms with Crippen LogP contribution in [0.1, 0.15) is 13.3 Å². The van der Waals surface area contributed by atoms with E-state index >= 15 is 0 Å². The fraction of sp³-hybridized carbons (Fsp3) is 0.0968. The lowest BCUT2D eigenvalue weighted by Crippen LogP contribution is -2.30. The average molecular weight is 425 g/mol. The molecule has 33 heavy (non-hydrogen) atoms. The molecule has 0 radical (unpaired) electrons. The van der Waals surface area contributed by atoms with Crippen molar-refractivity contribution in [3.8, 4) is 0 Å². The zero-order valence-corrected chi connectivity index (χ0v) is 18.6. The second-order valence-electron chi connectivity index (χ2n) is 9.29. The van der Waals surface area contributed by atoms with E-state index < -0.39 is 0 Å². The van der Waals surface area contributed by atoms with Crippen LogP contribution in [0, 0.1) is 0 Å². The van der Waals surface area contributed by atoms with Gasteiger partial charge in [0.15, 0.2) is 0 Å². The first-order valence-electron chi connectivity index (χ1n) is 11.6. The molecule has 0 fully saturated rings. The molecule has 0 aliphatic heterocycles. The van der Waals surface area contributed by atoms with Crippen molar-refractivity contribution >= 4 is 49.3 Å². The Morgan fingerprint density at radius 3 is 1.52 bits per heavy atom. The van der Waals surface area contributed by atoms with E-state index in [-0.39, 0.29) is 5.54 Å². The Labute approximate surface area is 192 Å². The van der Waals surface area contributed by atoms with Crippen molar-refractivity contribution in [3.05, 3.63) is 115 Å². The van der Waals surface area contributed by atoms with Crippen molar-refractivity contribution in [2.45, 2.75) is 18.9 Å². The van der Waals surface area contributed by atoms with Crippen LogP contribution in [-0.2, 0) is 5.54 Å². The smallest absolute Gasteiger partial charge is 0.0663 e. The molecule has 2 heteroatoms. The van der Waals surface area contributed by atoms with Gasteiger partial charge >= 0.3 is 0 Å². The zero-order valence-electron chi connectivity index (χ0n) is 18.6. The highest BCUT2D eigenvalue weighted by Gasteiger charge is 2.31. The Morgan fingerprint density at radius 1 is 0.576 bits per heavy atom. The summed E-state index contributed by atoms with van der Waals surface area (Å²) in [6, 6.07) is 35.1. The monoisotopic (exact) mass is 424 g/mol. The van der Waals surface area contributed by atoms with E-state index in [9.17, 15) is 0 Å². The summed E-state index contributed by atoms with van der Waals surface area (Å²) in [5.41, 5.74) is 6.25. The molecule has 0 saturated carbocycles. The number of hydrogen-bond donors (Lipinski definition) is 0. The highest BCUT2D eigenvalue weighted by molar-refractivity contribution is 6.10. The number of aromatic nitrogens is 2. The second kappa shape index (κ2) is 6.73. The lowest BCUT2D eigenvalue weighted by Gasteiger charge is -2.34. The first-order valence-corrected chi connectivity index (χ1v) is 11.6. The van der Waals surface area contributed by atoms with Crippen LogP contribution in [0.5, 0.6) is 0 Å². The van der Waals surface area contributed by atoms with Crippen LogP contribution < -0.4 is 0 Å². The standard InChI is InChI=1S/C31H24N2/c1-31(33-29-18-8-4-14-25(29)26-15-5-9-19-30(26)33)20-10-11-22(21-31)32-27-16-6-2-12-23(27)24-13-3-7-17-28(24)32/h2-20H,21H2,1H3. The molecular formula is C31H24N2. The third-order valence-corrected chi connectivity index (χ3v) is 7.24. The number of allylic oxidation sites excluding steroid dienone is 4. The average Bonchev–Trinajstić information content (AvgIpc) is 3.38. The van der Waals surface area contributed by atoms with Crippen LogP contribution in [0.15, 0.2) is 115 Å². The second-order valence-corrected chi connectivity index (χ2v) is 9.29. The molecule has 158 valence electrons. The van der Waals surface area contributed by atoms with Gasteiger partial charge in [0.1, 0.15) is 0 Å². The molecule has 1 aliphatic rings. The Balaban J connectivity index is 1.47. The maximum atomic E-state index is 2.54. The van der Waals surface area contributed by atoms with Crippen LogP contribution in [0.3, 0.4) is 0 Å². The minimum atomic E-state index is -0.181. The van der Waals surface area contributed by atoms with E-state index in [0.29, 0.717) is 0 Å². The number of nitrogens with zero attached hydrogens (tertiary/aromatic N) is 2. The van der Waals surface area contributed by atoms with Gasteiger partial charge in [-0.2, -0.15) is 0 Å². The van der Waals surface area contributed by atoms with Gasteiger partial charge in [-0.15, -0.1) is 0 Å². The maximum absolute atomic E-state index is 2.54. The van der Waals surface area contributed by atoms with Gasteiger partial charge in [-0.1, -0.05) is 84.9 Å². The van der Waals surface area contributed by atoms with Crippen LogP contribution in [0.25, 0.3) is 49.3 Å². The van der Waals surface area contributed by atoms with Crippen LogP contribution in [0.2, 0.25) is 0 Å². The molecule has 0 saturated heterocycles. The third-order valence-electron chi connectivity index (χ3n) is 7.24. The van der Waals surface area contributed by atoms with E-state index in [0.717, 1.165) is 6.42 Å². The molecule has 1 unspecified atom stereocenters. The molecule has 0 amide bonds. The van der Waals surface area contributed by atoms with Crippen molar-refractivity contribution in [2.75, 3.05) is 0 Å². The molecule has 2 heterocycles. The predicted molar refractivity (Wildman–Crippen MR) is 141 cm³/mol. The molecule has 1 aliphatic carbocycles. The highest BCUT2D eigenvalue weighted by Crippen LogP contribution is 2.42. The van der Waals surface area contributed by atoms with Crippen LogP contribution in [0.4, 0.5) is 0 Å². The molecule has 4 aromatic carbocycles. The number of fused-ring (bicyclic) bond motifs is 6. The number of para-hydroxylation sites is 4. The summed E-state index contributed by atoms with van der Waals surface area (Å²) < 4.78 is 5.00. The van der Waals surface area contributed by atoms with Gasteiger partial charge in [0.2, 0.25) is 0 Å². The van der Waals surface area contributed by atoms with E-state index in [1.807, 2.05) is 0 Å². The Hall–Kier alpha value is -4.04. The van der Waals surface area contributed by atoms with Crippen molar-refractivity contribution in [3.63, 3.8) is 0 Å². The molecule has 0 N–H and O–H groups in total. The Bertz CT molecular complexity index is 1650. The molecule has 2 nitrogen and oxygen atoms in total. The van der Waals surface area contributed by atoms with Gasteiger partial charge < -0.3 is 9.13 Å². The first kappa shape index (κ1) is 18.5. The highest BCUT2D eigenvalue weighted by atomic mass is 15.1. The third kappa shape index (κ3) is 2.55. The summed E-state index contributed by atoms with van der Waals surface area (Å²) in [5.74, 6) is 0. The van der Waals surface area contributed by atoms with Gasteiger partial charge in [-0.25, -0.2) is 0 Å². The molecular weight excluding hydrogens is 400 g/mol. The normalized spacial score (nSPS) is 18.5. The minimum absolute atomic E-state index is 0.181. The van der Waals surface area contributed by atoms with Gasteiger partial charge in [0.25, 0.3) is 0 Å². The molecule has 0 spiro atoms. The number of rotatable bonds is 2. The largest absolute Gasteiger partial charge is 0.331 e. The fourth-order valence-corrected chi connectivity index (χ4v) is 5.86. The molecule has 7 rings (SSSR count). The van der Waals surface area contributed by atoms with Gasteiger partial charge in [-0.05, 0) is 37.3 Å². The van der Waals surface area contributed by atoms with E-state index in [2.05, 4.69) is 131 Å². The zero-order chi connectivity index (χ0) is 22.0. The Kier molecular flexibility index (Phi) is 3.78. The summed E-state index contributed by atoms with van der Waals surface area (Å²) in [5, 5.41) is 5.25. The van der Waals surface area contributed by atoms with E-state index in [1.54, 1.807) is 0 Å². The van der Waals surface area contributed by atoms with Gasteiger partial charge in [-0.3, -0.25) is 0 Å². The number of benzene rings is 4. The lowest BCUT2D eigenvalue weighted by atomic mass is 9.90. The fourth-order valence-electron chi connectivity index (χ4n) is 5.86. The summed E-state index contributed by atoms with van der Waals surface area (Å²) in [4.78, 5) is 0. The van der Waals surface area contributed by atoms with Crippen LogP contribution in [-0.4, -0.2) is 9.13 Å². The molecule has 2 aromatic heterocycles. The van der Waals surface area contributed by atoms with E-state index in [4.69, 9.17) is 0 Å². The summed E-state index contributed by atoms with van der Waals surface area (Å²) in [6.07, 6.45) is 7.80. The lowest BCUT2D eigenvalue weighted by molar-refractivity contribution is 0.439. The van der Waals surface area contributed by atoms with Crippen molar-refractivity contribution in [1.29, 1.82) is 0 Å². The first-order chi connectivity index (χ1) is 16.2. The van der Waals surface area contributed by atoms with E-state index in [1.165, 1.54) is 49.3 Å². The summed E-state index contributed by atoms with van der Waals surface area (Å²) >= 11 is 0. The van der Waals surface area contributed by atoms with Crippen molar-refractivity contribution in [1.82, 2.24) is 9.13 Å². The van der Waals surface area contributed by atoms with Crippen molar-refractivity contribution in [2.24, 2.45) is 0 Å². The summed E-state index contributed by atoms with van der Waals surface area (Å²) in [6.45, 7) is 2.36. The number of hydrogen-bond acceptors (Lipinski definition) is 0. The SMILES string of the molecule is CC1(n2c3ccccc3c3ccccc32)C=CC=C(n2c3ccccc3c3ccccc32)C1. The predicted octanol–water partition coefficient (Wildman–Crippen LogP) is 8.12. The molecule has 6 aromatic rings. The molecule has 1 atom stereocenters. The topological polar surface area (TPSA) is 9.86 Å². The van der Waals surface area contributed by atoms with Crippen LogP contribution >= 0.6 is 0 Å². The quantitative estimate of drug-likeness (QED) is 0.266. The van der Waals surface area contributed by atoms with Crippen molar-refractivity contribution < 1.29 is 0 Å². The maximum Gasteiger partial charge on any atom is 0.0663 e. The van der Waals surface area contributed by atoms with Gasteiger partial charge in [0, 0.05) is 44.7 Å². The summed E-state index contributed by atoms with van der Waals surface area (Å²) in [7, 11) is 0. The van der Waals surface area contributed by atoms with Gasteiger partial charge in [0.05, 0.1) is 16.6 Å². The Morgan fingerprint density at radius 2 is 1.00 bits per heavy atom. The molecule has 0 bridgehead atoms. The minimum Gasteiger partial charge on any atom is -0.331 e.